The van der Waals surface area contributed by atoms with E-state index >= 15 is 0 Å². The third kappa shape index (κ3) is 2.97. The fraction of sp³-hybridized carbons (Fsp3) is 0.333. The number of aromatic amines is 1. The highest BCUT2D eigenvalue weighted by Crippen LogP contribution is 2.44. The van der Waals surface area contributed by atoms with Crippen LogP contribution in [0.4, 0.5) is 14.6 Å². The van der Waals surface area contributed by atoms with Crippen molar-refractivity contribution in [1.29, 1.82) is 0 Å². The molecule has 0 bridgehead atoms. The Hall–Kier alpha value is -3.40. The molecule has 0 amide bonds. The normalized spacial score (nSPS) is 20.0. The Morgan fingerprint density at radius 3 is 2.87 bits per heavy atom. The number of hydrogen-bond donors (Lipinski definition) is 2. The van der Waals surface area contributed by atoms with Crippen LogP contribution >= 0.6 is 0 Å². The zero-order valence-corrected chi connectivity index (χ0v) is 16.5. The van der Waals surface area contributed by atoms with Crippen LogP contribution in [0.5, 0.6) is 0 Å². The van der Waals surface area contributed by atoms with E-state index in [1.807, 2.05) is 11.0 Å². The molecular weight excluding hydrogens is 404 g/mol. The van der Waals surface area contributed by atoms with Gasteiger partial charge in [0.05, 0.1) is 17.8 Å². The number of aliphatic hydroxyl groups is 1. The van der Waals surface area contributed by atoms with Crippen LogP contribution in [0.3, 0.4) is 0 Å². The van der Waals surface area contributed by atoms with E-state index in [1.165, 1.54) is 12.1 Å². The predicted molar refractivity (Wildman–Crippen MR) is 107 cm³/mol. The molecule has 0 unspecified atom stereocenters. The SMILES string of the molecule is OC1(c2nc(-c3cnn4ccc(N5CCC[C@@H]5c5cc(F)ccc5F)nc34)n[nH]2)CC1. The first-order valence-electron chi connectivity index (χ1n) is 10.2. The molecule has 2 aliphatic rings. The van der Waals surface area contributed by atoms with Crippen LogP contribution in [0.15, 0.2) is 36.7 Å². The Balaban J connectivity index is 1.39. The molecule has 8 nitrogen and oxygen atoms in total. The van der Waals surface area contributed by atoms with E-state index in [0.717, 1.165) is 12.5 Å². The first-order valence-corrected chi connectivity index (χ1v) is 10.2. The van der Waals surface area contributed by atoms with Crippen molar-refractivity contribution in [1.82, 2.24) is 29.8 Å². The largest absolute Gasteiger partial charge is 0.382 e. The minimum Gasteiger partial charge on any atom is -0.382 e. The number of halogens is 2. The van der Waals surface area contributed by atoms with Gasteiger partial charge in [0.15, 0.2) is 17.3 Å². The molecule has 31 heavy (non-hydrogen) atoms. The molecule has 1 aliphatic carbocycles. The van der Waals surface area contributed by atoms with Crippen molar-refractivity contribution in [2.75, 3.05) is 11.4 Å². The average molecular weight is 423 g/mol. The van der Waals surface area contributed by atoms with E-state index in [0.29, 0.717) is 60.0 Å². The van der Waals surface area contributed by atoms with E-state index in [9.17, 15) is 13.9 Å². The molecule has 2 fully saturated rings. The highest BCUT2D eigenvalue weighted by atomic mass is 19.1. The van der Waals surface area contributed by atoms with Gasteiger partial charge < -0.3 is 10.0 Å². The summed E-state index contributed by atoms with van der Waals surface area (Å²) in [5.74, 6) is 0.624. The summed E-state index contributed by atoms with van der Waals surface area (Å²) in [6, 6.07) is 5.08. The van der Waals surface area contributed by atoms with Gasteiger partial charge in [0.25, 0.3) is 0 Å². The van der Waals surface area contributed by atoms with Crippen LogP contribution in [0.25, 0.3) is 17.0 Å². The van der Waals surface area contributed by atoms with Gasteiger partial charge in [0, 0.05) is 18.3 Å². The molecular formula is C21H19F2N7O. The second-order valence-corrected chi connectivity index (χ2v) is 8.17. The molecule has 6 rings (SSSR count). The number of fused-ring (bicyclic) bond motifs is 1. The van der Waals surface area contributed by atoms with Crippen molar-refractivity contribution in [2.24, 2.45) is 0 Å². The fourth-order valence-corrected chi connectivity index (χ4v) is 4.26. The number of anilines is 1. The van der Waals surface area contributed by atoms with Gasteiger partial charge in [-0.05, 0) is 49.9 Å². The van der Waals surface area contributed by atoms with Crippen molar-refractivity contribution in [2.45, 2.75) is 37.3 Å². The Morgan fingerprint density at radius 1 is 1.16 bits per heavy atom. The number of rotatable bonds is 4. The number of benzene rings is 1. The summed E-state index contributed by atoms with van der Waals surface area (Å²) >= 11 is 0. The van der Waals surface area contributed by atoms with Crippen molar-refractivity contribution < 1.29 is 13.9 Å². The van der Waals surface area contributed by atoms with E-state index < -0.39 is 17.2 Å². The molecule has 1 saturated heterocycles. The number of nitrogens with zero attached hydrogens (tertiary/aromatic N) is 6. The van der Waals surface area contributed by atoms with Gasteiger partial charge in [-0.3, -0.25) is 5.10 Å². The molecule has 1 saturated carbocycles. The highest BCUT2D eigenvalue weighted by Gasteiger charge is 2.45. The van der Waals surface area contributed by atoms with Crippen LogP contribution in [0.2, 0.25) is 0 Å². The standard InChI is InChI=1S/C21H19F2N7O/c22-12-3-4-15(23)13(10-12)16-2-1-8-29(16)17-5-9-30-19(25-17)14(11-24-30)18-26-20(28-27-18)21(31)6-7-21/h3-5,9-11,16,31H,1-2,6-8H2,(H,26,27,28)/t16-/m1/s1. The summed E-state index contributed by atoms with van der Waals surface area (Å²) < 4.78 is 29.8. The maximum atomic E-state index is 14.4. The van der Waals surface area contributed by atoms with E-state index in [-0.39, 0.29) is 6.04 Å². The Kier molecular flexibility index (Phi) is 3.88. The maximum absolute atomic E-state index is 14.4. The van der Waals surface area contributed by atoms with Gasteiger partial charge in [0.1, 0.15) is 23.1 Å². The molecule has 4 aromatic rings. The second kappa shape index (κ2) is 6.55. The molecule has 0 radical (unpaired) electrons. The van der Waals surface area contributed by atoms with Gasteiger partial charge in [-0.2, -0.15) is 10.2 Å². The second-order valence-electron chi connectivity index (χ2n) is 8.17. The number of aromatic nitrogens is 6. The summed E-state index contributed by atoms with van der Waals surface area (Å²) in [6.07, 6.45) is 6.28. The fourth-order valence-electron chi connectivity index (χ4n) is 4.26. The van der Waals surface area contributed by atoms with Crippen LogP contribution in [0.1, 0.15) is 43.1 Å². The van der Waals surface area contributed by atoms with Gasteiger partial charge in [-0.25, -0.2) is 23.3 Å². The van der Waals surface area contributed by atoms with Crippen molar-refractivity contribution in [3.63, 3.8) is 0 Å². The van der Waals surface area contributed by atoms with E-state index in [2.05, 4.69) is 20.3 Å². The molecule has 158 valence electrons. The summed E-state index contributed by atoms with van der Waals surface area (Å²) in [5, 5.41) is 21.6. The minimum atomic E-state index is -0.912. The zero-order valence-electron chi connectivity index (χ0n) is 16.5. The highest BCUT2D eigenvalue weighted by molar-refractivity contribution is 5.73. The molecule has 1 atom stereocenters. The lowest BCUT2D eigenvalue weighted by Crippen LogP contribution is -2.24. The summed E-state index contributed by atoms with van der Waals surface area (Å²) in [5.41, 5.74) is 0.603. The lowest BCUT2D eigenvalue weighted by atomic mass is 10.0. The molecule has 10 heteroatoms. The van der Waals surface area contributed by atoms with Crippen LogP contribution in [-0.2, 0) is 5.60 Å². The third-order valence-electron chi connectivity index (χ3n) is 6.11. The Morgan fingerprint density at radius 2 is 2.03 bits per heavy atom. The predicted octanol–water partition coefficient (Wildman–Crippen LogP) is 3.12. The number of hydrogen-bond acceptors (Lipinski definition) is 6. The van der Waals surface area contributed by atoms with Gasteiger partial charge in [0.2, 0.25) is 0 Å². The maximum Gasteiger partial charge on any atom is 0.186 e. The van der Waals surface area contributed by atoms with Gasteiger partial charge in [-0.1, -0.05) is 0 Å². The summed E-state index contributed by atoms with van der Waals surface area (Å²) in [4.78, 5) is 11.2. The van der Waals surface area contributed by atoms with Crippen molar-refractivity contribution >= 4 is 11.5 Å². The monoisotopic (exact) mass is 423 g/mol. The van der Waals surface area contributed by atoms with Crippen LogP contribution < -0.4 is 4.90 Å². The summed E-state index contributed by atoms with van der Waals surface area (Å²) in [6.45, 7) is 0.686. The molecule has 1 aromatic carbocycles. The Bertz CT molecular complexity index is 1300. The van der Waals surface area contributed by atoms with Crippen LogP contribution in [-0.4, -0.2) is 41.4 Å². The van der Waals surface area contributed by atoms with Gasteiger partial charge >= 0.3 is 0 Å². The lowest BCUT2D eigenvalue weighted by molar-refractivity contribution is 0.141. The Labute approximate surface area is 175 Å². The zero-order chi connectivity index (χ0) is 21.2. The van der Waals surface area contributed by atoms with Crippen LogP contribution in [0, 0.1) is 11.6 Å². The minimum absolute atomic E-state index is 0.295. The lowest BCUT2D eigenvalue weighted by Gasteiger charge is -2.26. The molecule has 3 aromatic heterocycles. The number of nitrogens with one attached hydrogen (secondary N) is 1. The average Bonchev–Trinajstić information content (AvgIpc) is 3.20. The molecule has 0 spiro atoms. The molecule has 4 heterocycles. The van der Waals surface area contributed by atoms with E-state index in [1.54, 1.807) is 16.9 Å². The quantitative estimate of drug-likeness (QED) is 0.524. The van der Waals surface area contributed by atoms with Crippen molar-refractivity contribution in [3.05, 3.63) is 59.7 Å². The number of H-pyrrole nitrogens is 1. The topological polar surface area (TPSA) is 95.2 Å². The molecule has 2 N–H and O–H groups in total. The summed E-state index contributed by atoms with van der Waals surface area (Å²) in [7, 11) is 0. The smallest absolute Gasteiger partial charge is 0.186 e. The molecule has 1 aliphatic heterocycles. The van der Waals surface area contributed by atoms with Gasteiger partial charge in [-0.15, -0.1) is 0 Å². The first kappa shape index (κ1) is 18.4. The van der Waals surface area contributed by atoms with Crippen molar-refractivity contribution in [3.8, 4) is 11.4 Å². The third-order valence-corrected chi connectivity index (χ3v) is 6.11. The first-order chi connectivity index (χ1) is 15.0. The van der Waals surface area contributed by atoms with E-state index in [4.69, 9.17) is 4.98 Å².